The van der Waals surface area contributed by atoms with Crippen molar-refractivity contribution >= 4 is 17.8 Å². The molecular weight excluding hydrogens is 505 g/mol. The first-order valence-corrected chi connectivity index (χ1v) is 12.2. The molecule has 3 unspecified atom stereocenters. The summed E-state index contributed by atoms with van der Waals surface area (Å²) >= 11 is 5.70. The second kappa shape index (κ2) is 8.32. The van der Waals surface area contributed by atoms with Gasteiger partial charge in [-0.2, -0.15) is 0 Å². The van der Waals surface area contributed by atoms with Gasteiger partial charge in [-0.25, -0.2) is 0 Å². The van der Waals surface area contributed by atoms with Crippen molar-refractivity contribution in [3.8, 4) is 11.5 Å². The molecule has 2 aromatic rings. The Morgan fingerprint density at radius 3 is 2.62 bits per heavy atom. The summed E-state index contributed by atoms with van der Waals surface area (Å²) in [6.45, 7) is 6.08. The fraction of sp³-hybridized carbons (Fsp3) is 0.409. The van der Waals surface area contributed by atoms with Crippen LogP contribution in [0, 0.1) is 0 Å². The van der Waals surface area contributed by atoms with Gasteiger partial charge in [0.2, 0.25) is 0 Å². The summed E-state index contributed by atoms with van der Waals surface area (Å²) in [5, 5.41) is 0.704. The Kier molecular flexibility index (Phi) is 5.95. The van der Waals surface area contributed by atoms with Crippen LogP contribution < -0.4 is 26.4 Å². The standard InChI is InChI=1S/C22H25ClINO4/c1-14(2)24-29-22(26)27-13-25(3)11-18-16-6-4-5-7-20(16)28-21-9-8-15(23)10-17(21)19(18)12-25/h4-10,14,18-19H,11-13H2,1-3H3. The first-order chi connectivity index (χ1) is 13.8. The van der Waals surface area contributed by atoms with Crippen LogP contribution in [-0.4, -0.2) is 41.4 Å². The van der Waals surface area contributed by atoms with Crippen molar-refractivity contribution in [3.05, 3.63) is 58.6 Å². The number of benzene rings is 2. The number of quaternary nitrogens is 1. The van der Waals surface area contributed by atoms with E-state index >= 15 is 0 Å². The second-order valence-corrected chi connectivity index (χ2v) is 12.1. The molecule has 5 nitrogen and oxygen atoms in total. The first kappa shape index (κ1) is 20.8. The SMILES string of the molecule is CC(C)[I-]OC(=O)OC[N+]1(C)CC2c3ccccc3Oc3ccc(Cl)cc3C2C1. The van der Waals surface area contributed by atoms with Crippen LogP contribution in [0.1, 0.15) is 36.8 Å². The molecule has 0 bridgehead atoms. The third kappa shape index (κ3) is 4.49. The van der Waals surface area contributed by atoms with E-state index in [4.69, 9.17) is 24.1 Å². The summed E-state index contributed by atoms with van der Waals surface area (Å²) in [6, 6.07) is 14.0. The van der Waals surface area contributed by atoms with Crippen molar-refractivity contribution in [2.75, 3.05) is 26.9 Å². The van der Waals surface area contributed by atoms with E-state index in [1.165, 1.54) is 5.56 Å². The number of hydrogen-bond donors (Lipinski definition) is 0. The molecule has 0 spiro atoms. The topological polar surface area (TPSA) is 44.8 Å². The number of nitrogens with zero attached hydrogens (tertiary/aromatic N) is 1. The van der Waals surface area contributed by atoms with Gasteiger partial charge in [0, 0.05) is 0 Å². The van der Waals surface area contributed by atoms with Gasteiger partial charge in [0.05, 0.1) is 0 Å². The Hall–Kier alpha value is -1.51. The average molecular weight is 530 g/mol. The van der Waals surface area contributed by atoms with Crippen LogP contribution in [-0.2, 0) is 7.80 Å². The van der Waals surface area contributed by atoms with Gasteiger partial charge in [-0.15, -0.1) is 0 Å². The molecule has 0 aliphatic carbocycles. The number of alkyl halides is 1. The molecule has 29 heavy (non-hydrogen) atoms. The molecule has 0 radical (unpaired) electrons. The quantitative estimate of drug-likeness (QED) is 0.264. The van der Waals surface area contributed by atoms with Crippen LogP contribution in [0.3, 0.4) is 0 Å². The summed E-state index contributed by atoms with van der Waals surface area (Å²) in [6.07, 6.45) is -0.551. The van der Waals surface area contributed by atoms with Crippen molar-refractivity contribution < 1.29 is 43.4 Å². The molecule has 1 saturated heterocycles. The van der Waals surface area contributed by atoms with E-state index in [0.717, 1.165) is 30.2 Å². The molecule has 2 heterocycles. The van der Waals surface area contributed by atoms with Gasteiger partial charge >= 0.3 is 188 Å². The number of halogens is 2. The van der Waals surface area contributed by atoms with Crippen molar-refractivity contribution in [2.24, 2.45) is 0 Å². The molecule has 2 aliphatic rings. The first-order valence-electron chi connectivity index (χ1n) is 9.71. The maximum atomic E-state index is 12.0. The van der Waals surface area contributed by atoms with E-state index in [-0.39, 0.29) is 11.8 Å². The summed E-state index contributed by atoms with van der Waals surface area (Å²) in [5.74, 6) is 2.24. The van der Waals surface area contributed by atoms with Crippen LogP contribution in [0.25, 0.3) is 0 Å². The third-order valence-corrected chi connectivity index (χ3v) is 7.32. The van der Waals surface area contributed by atoms with E-state index in [1.54, 1.807) is 0 Å². The molecule has 4 rings (SSSR count). The van der Waals surface area contributed by atoms with E-state index in [9.17, 15) is 4.79 Å². The molecule has 156 valence electrons. The van der Waals surface area contributed by atoms with E-state index in [2.05, 4.69) is 13.1 Å². The number of fused-ring (bicyclic) bond motifs is 5. The van der Waals surface area contributed by atoms with Crippen molar-refractivity contribution in [1.82, 2.24) is 0 Å². The van der Waals surface area contributed by atoms with Crippen LogP contribution in [0.4, 0.5) is 4.79 Å². The molecule has 0 saturated carbocycles. The number of rotatable bonds is 4. The predicted molar refractivity (Wildman–Crippen MR) is 107 cm³/mol. The number of para-hydroxylation sites is 1. The molecule has 0 aromatic heterocycles. The Morgan fingerprint density at radius 1 is 1.17 bits per heavy atom. The molecule has 7 heteroatoms. The zero-order chi connectivity index (χ0) is 20.6. The zero-order valence-corrected chi connectivity index (χ0v) is 19.6. The number of hydrogen-bond acceptors (Lipinski definition) is 4. The number of carbonyl (C=O) groups is 1. The maximum absolute atomic E-state index is 12.0. The number of likely N-dealkylation sites (N-methyl/N-ethyl adjacent to an activating group) is 1. The van der Waals surface area contributed by atoms with Gasteiger partial charge in [0.25, 0.3) is 0 Å². The van der Waals surface area contributed by atoms with Crippen LogP contribution in [0.5, 0.6) is 11.5 Å². The molecule has 3 atom stereocenters. The molecule has 2 aliphatic heterocycles. The molecule has 2 aromatic carbocycles. The van der Waals surface area contributed by atoms with Crippen molar-refractivity contribution in [1.29, 1.82) is 0 Å². The second-order valence-electron chi connectivity index (χ2n) is 8.22. The van der Waals surface area contributed by atoms with Gasteiger partial charge < -0.3 is 0 Å². The van der Waals surface area contributed by atoms with Gasteiger partial charge in [0.1, 0.15) is 0 Å². The van der Waals surface area contributed by atoms with Crippen LogP contribution in [0.2, 0.25) is 5.02 Å². The van der Waals surface area contributed by atoms with Crippen molar-refractivity contribution in [2.45, 2.75) is 29.6 Å². The molecule has 1 fully saturated rings. The Balaban J connectivity index is 1.59. The Morgan fingerprint density at radius 2 is 1.86 bits per heavy atom. The summed E-state index contributed by atoms with van der Waals surface area (Å²) in [5.41, 5.74) is 2.31. The van der Waals surface area contributed by atoms with E-state index < -0.39 is 27.8 Å². The summed E-state index contributed by atoms with van der Waals surface area (Å²) in [7, 11) is 2.13. The summed E-state index contributed by atoms with van der Waals surface area (Å²) < 4.78 is 18.0. The van der Waals surface area contributed by atoms with Crippen LogP contribution in [0.15, 0.2) is 42.5 Å². The fourth-order valence-corrected chi connectivity index (χ4v) is 5.29. The monoisotopic (exact) mass is 529 g/mol. The Labute approximate surface area is 187 Å². The minimum atomic E-state index is -0.623. The number of likely N-dealkylation sites (tertiary alicyclic amines) is 1. The van der Waals surface area contributed by atoms with E-state index in [0.29, 0.717) is 20.2 Å². The summed E-state index contributed by atoms with van der Waals surface area (Å²) in [4.78, 5) is 12.0. The molecule has 0 amide bonds. The van der Waals surface area contributed by atoms with Crippen molar-refractivity contribution in [3.63, 3.8) is 0 Å². The normalized spacial score (nSPS) is 24.9. The van der Waals surface area contributed by atoms with E-state index in [1.807, 2.05) is 50.2 Å². The number of ether oxygens (including phenoxy) is 2. The third-order valence-electron chi connectivity index (χ3n) is 5.45. The fourth-order valence-electron chi connectivity index (χ4n) is 4.27. The number of carbonyl (C=O) groups excluding carboxylic acids is 1. The zero-order valence-electron chi connectivity index (χ0n) is 16.7. The van der Waals surface area contributed by atoms with Gasteiger partial charge in [-0.3, -0.25) is 0 Å². The Bertz CT molecular complexity index is 921. The minimum absolute atomic E-state index is 0.236. The molecular formula is C22H25ClINO4. The predicted octanol–water partition coefficient (Wildman–Crippen LogP) is 2.30. The van der Waals surface area contributed by atoms with Gasteiger partial charge in [-0.1, -0.05) is 0 Å². The van der Waals surface area contributed by atoms with Crippen LogP contribution >= 0.6 is 11.6 Å². The van der Waals surface area contributed by atoms with Gasteiger partial charge in [-0.05, 0) is 0 Å². The van der Waals surface area contributed by atoms with Gasteiger partial charge in [0.15, 0.2) is 0 Å². The average Bonchev–Trinajstić information content (AvgIpc) is 2.99. The molecule has 0 N–H and O–H groups in total.